The summed E-state index contributed by atoms with van der Waals surface area (Å²) in [6, 6.07) is 4.09. The topological polar surface area (TPSA) is 42.4 Å². The zero-order valence-electron chi connectivity index (χ0n) is 12.0. The number of carbonyl (C=O) groups excluding carboxylic acids is 1. The molecule has 0 aliphatic rings. The van der Waals surface area contributed by atoms with Gasteiger partial charge in [0.2, 0.25) is 0 Å². The Morgan fingerprint density at radius 3 is 2.68 bits per heavy atom. The van der Waals surface area contributed by atoms with E-state index in [0.717, 1.165) is 18.0 Å². The number of esters is 1. The molecule has 19 heavy (non-hydrogen) atoms. The van der Waals surface area contributed by atoms with E-state index in [0.29, 0.717) is 18.2 Å². The fraction of sp³-hybridized carbons (Fsp3) is 0.571. The third kappa shape index (κ3) is 4.42. The third-order valence-corrected chi connectivity index (χ3v) is 3.72. The number of hydrogen-bond acceptors (Lipinski definition) is 5. The number of nitrogens with zero attached hydrogens (tertiary/aromatic N) is 2. The molecule has 0 saturated heterocycles. The maximum absolute atomic E-state index is 11.5. The molecule has 1 atom stereocenters. The summed E-state index contributed by atoms with van der Waals surface area (Å²) in [6.07, 6.45) is 4.75. The van der Waals surface area contributed by atoms with Crippen LogP contribution in [0.15, 0.2) is 18.3 Å². The van der Waals surface area contributed by atoms with Gasteiger partial charge in [-0.05, 0) is 31.7 Å². The van der Waals surface area contributed by atoms with Gasteiger partial charge in [-0.15, -0.1) is 0 Å². The highest BCUT2D eigenvalue weighted by Gasteiger charge is 2.14. The third-order valence-electron chi connectivity index (χ3n) is 3.00. The molecular formula is C14H22N2O2S. The number of carbonyl (C=O) groups is 1. The lowest BCUT2D eigenvalue weighted by molar-refractivity contribution is 0.0526. The average molecular weight is 282 g/mol. The van der Waals surface area contributed by atoms with Crippen molar-refractivity contribution in [1.82, 2.24) is 4.98 Å². The molecule has 0 radical (unpaired) electrons. The standard InChI is InChI=1S/C14H22N2O2S/c1-5-12(10-19-4)16(3)13-8-7-11(9-15-13)14(17)18-6-2/h7-9,12H,5-6,10H2,1-4H3. The van der Waals surface area contributed by atoms with Crippen molar-refractivity contribution in [2.24, 2.45) is 0 Å². The summed E-state index contributed by atoms with van der Waals surface area (Å²) in [4.78, 5) is 18.0. The van der Waals surface area contributed by atoms with Gasteiger partial charge >= 0.3 is 5.97 Å². The summed E-state index contributed by atoms with van der Waals surface area (Å²) < 4.78 is 4.94. The van der Waals surface area contributed by atoms with Gasteiger partial charge in [-0.2, -0.15) is 11.8 Å². The number of pyridine rings is 1. The van der Waals surface area contributed by atoms with E-state index in [4.69, 9.17) is 4.74 Å². The molecule has 1 unspecified atom stereocenters. The van der Waals surface area contributed by atoms with E-state index in [-0.39, 0.29) is 5.97 Å². The number of hydrogen-bond donors (Lipinski definition) is 0. The van der Waals surface area contributed by atoms with Crippen molar-refractivity contribution in [3.05, 3.63) is 23.9 Å². The van der Waals surface area contributed by atoms with Gasteiger partial charge in [0.25, 0.3) is 0 Å². The first-order valence-electron chi connectivity index (χ1n) is 6.48. The molecule has 0 N–H and O–H groups in total. The zero-order valence-corrected chi connectivity index (χ0v) is 12.9. The molecule has 0 aliphatic heterocycles. The number of ether oxygens (including phenoxy) is 1. The van der Waals surface area contributed by atoms with Gasteiger partial charge in [-0.3, -0.25) is 0 Å². The summed E-state index contributed by atoms with van der Waals surface area (Å²) >= 11 is 1.83. The van der Waals surface area contributed by atoms with Gasteiger partial charge in [0, 0.05) is 25.0 Å². The quantitative estimate of drug-likeness (QED) is 0.719. The van der Waals surface area contributed by atoms with Gasteiger partial charge < -0.3 is 9.64 Å². The molecule has 0 saturated carbocycles. The van der Waals surface area contributed by atoms with E-state index >= 15 is 0 Å². The smallest absolute Gasteiger partial charge is 0.339 e. The molecule has 0 aromatic carbocycles. The first-order valence-corrected chi connectivity index (χ1v) is 7.88. The van der Waals surface area contributed by atoms with Crippen molar-refractivity contribution in [1.29, 1.82) is 0 Å². The highest BCUT2D eigenvalue weighted by molar-refractivity contribution is 7.98. The van der Waals surface area contributed by atoms with Gasteiger partial charge in [-0.1, -0.05) is 6.92 Å². The summed E-state index contributed by atoms with van der Waals surface area (Å²) in [7, 11) is 2.04. The molecule has 0 spiro atoms. The number of thioether (sulfide) groups is 1. The van der Waals surface area contributed by atoms with Gasteiger partial charge in [-0.25, -0.2) is 9.78 Å². The van der Waals surface area contributed by atoms with Crippen LogP contribution in [-0.2, 0) is 4.74 Å². The van der Waals surface area contributed by atoms with Crippen molar-refractivity contribution in [2.75, 3.05) is 30.6 Å². The second kappa shape index (κ2) is 8.04. The van der Waals surface area contributed by atoms with E-state index in [1.807, 2.05) is 24.9 Å². The van der Waals surface area contributed by atoms with Crippen molar-refractivity contribution >= 4 is 23.5 Å². The number of aromatic nitrogens is 1. The maximum Gasteiger partial charge on any atom is 0.339 e. The van der Waals surface area contributed by atoms with E-state index < -0.39 is 0 Å². The van der Waals surface area contributed by atoms with Crippen LogP contribution in [0.2, 0.25) is 0 Å². The predicted octanol–water partition coefficient (Wildman–Crippen LogP) is 2.84. The zero-order chi connectivity index (χ0) is 14.3. The van der Waals surface area contributed by atoms with Crippen LogP contribution in [0, 0.1) is 0 Å². The molecule has 5 heteroatoms. The second-order valence-corrected chi connectivity index (χ2v) is 5.16. The Balaban J connectivity index is 2.77. The first kappa shape index (κ1) is 15.8. The Morgan fingerprint density at radius 1 is 1.47 bits per heavy atom. The van der Waals surface area contributed by atoms with Crippen LogP contribution in [-0.4, -0.2) is 42.7 Å². The molecule has 4 nitrogen and oxygen atoms in total. The van der Waals surface area contributed by atoms with Crippen molar-refractivity contribution in [3.8, 4) is 0 Å². The average Bonchev–Trinajstić information content (AvgIpc) is 2.44. The summed E-state index contributed by atoms with van der Waals surface area (Å²) in [6.45, 7) is 4.35. The molecule has 1 heterocycles. The van der Waals surface area contributed by atoms with E-state index in [1.54, 1.807) is 19.2 Å². The molecule has 0 fully saturated rings. The lowest BCUT2D eigenvalue weighted by Crippen LogP contribution is -2.33. The van der Waals surface area contributed by atoms with Crippen LogP contribution in [0.4, 0.5) is 5.82 Å². The Morgan fingerprint density at radius 2 is 2.21 bits per heavy atom. The van der Waals surface area contributed by atoms with E-state index in [9.17, 15) is 4.79 Å². The first-order chi connectivity index (χ1) is 9.13. The molecule has 0 amide bonds. The fourth-order valence-corrected chi connectivity index (χ4v) is 2.66. The lowest BCUT2D eigenvalue weighted by atomic mass is 10.2. The van der Waals surface area contributed by atoms with Crippen LogP contribution in [0.25, 0.3) is 0 Å². The molecule has 1 rings (SSSR count). The van der Waals surface area contributed by atoms with Gasteiger partial charge in [0.1, 0.15) is 5.82 Å². The monoisotopic (exact) mass is 282 g/mol. The van der Waals surface area contributed by atoms with Gasteiger partial charge in [0.15, 0.2) is 0 Å². The van der Waals surface area contributed by atoms with Crippen LogP contribution < -0.4 is 4.90 Å². The molecular weight excluding hydrogens is 260 g/mol. The largest absolute Gasteiger partial charge is 0.462 e. The van der Waals surface area contributed by atoms with Crippen molar-refractivity contribution in [3.63, 3.8) is 0 Å². The normalized spacial score (nSPS) is 12.0. The highest BCUT2D eigenvalue weighted by atomic mass is 32.2. The summed E-state index contributed by atoms with van der Waals surface area (Å²) in [5.41, 5.74) is 0.497. The van der Waals surface area contributed by atoms with E-state index in [2.05, 4.69) is 23.1 Å². The minimum absolute atomic E-state index is 0.319. The Kier molecular flexibility index (Phi) is 6.70. The highest BCUT2D eigenvalue weighted by Crippen LogP contribution is 2.17. The minimum atomic E-state index is -0.319. The fourth-order valence-electron chi connectivity index (χ4n) is 1.81. The molecule has 0 bridgehead atoms. The van der Waals surface area contributed by atoms with Crippen molar-refractivity contribution in [2.45, 2.75) is 26.3 Å². The Labute approximate surface area is 119 Å². The SMILES string of the molecule is CCOC(=O)c1ccc(N(C)C(CC)CSC)nc1. The second-order valence-electron chi connectivity index (χ2n) is 4.25. The lowest BCUT2D eigenvalue weighted by Gasteiger charge is -2.27. The number of rotatable bonds is 7. The molecule has 1 aromatic heterocycles. The van der Waals surface area contributed by atoms with Gasteiger partial charge in [0.05, 0.1) is 12.2 Å². The van der Waals surface area contributed by atoms with Crippen LogP contribution in [0.3, 0.4) is 0 Å². The molecule has 106 valence electrons. The Hall–Kier alpha value is -1.23. The minimum Gasteiger partial charge on any atom is -0.462 e. The van der Waals surface area contributed by atoms with E-state index in [1.165, 1.54) is 0 Å². The van der Waals surface area contributed by atoms with Crippen molar-refractivity contribution < 1.29 is 9.53 Å². The maximum atomic E-state index is 11.5. The van der Waals surface area contributed by atoms with Crippen LogP contribution >= 0.6 is 11.8 Å². The Bertz CT molecular complexity index is 395. The van der Waals surface area contributed by atoms with Crippen LogP contribution in [0.5, 0.6) is 0 Å². The summed E-state index contributed by atoms with van der Waals surface area (Å²) in [5, 5.41) is 0. The summed E-state index contributed by atoms with van der Waals surface area (Å²) in [5.74, 6) is 1.63. The number of anilines is 1. The molecule has 0 aliphatic carbocycles. The van der Waals surface area contributed by atoms with Crippen LogP contribution in [0.1, 0.15) is 30.6 Å². The molecule has 1 aromatic rings. The predicted molar refractivity (Wildman–Crippen MR) is 81.1 cm³/mol.